The fraction of sp³-hybridized carbons (Fsp3) is 0. The highest BCUT2D eigenvalue weighted by molar-refractivity contribution is 6.27. The van der Waals surface area contributed by atoms with Gasteiger partial charge in [-0.15, -0.1) is 0 Å². The van der Waals surface area contributed by atoms with E-state index in [0.29, 0.717) is 5.82 Å². The molecule has 294 valence electrons. The first-order valence-electron chi connectivity index (χ1n) is 21.4. The number of benzene rings is 10. The smallest absolute Gasteiger partial charge is 0.160 e. The molecule has 3 nitrogen and oxygen atoms in total. The van der Waals surface area contributed by atoms with Gasteiger partial charge < -0.3 is 4.42 Å². The molecular formula is C60H38N2O. The molecule has 10 aromatic carbocycles. The molecule has 0 atom stereocenters. The number of rotatable bonds is 7. The zero-order valence-corrected chi connectivity index (χ0v) is 34.2. The molecule has 63 heavy (non-hydrogen) atoms. The van der Waals surface area contributed by atoms with Gasteiger partial charge >= 0.3 is 0 Å². The van der Waals surface area contributed by atoms with Gasteiger partial charge in [0.15, 0.2) is 5.82 Å². The molecule has 0 N–H and O–H groups in total. The van der Waals surface area contributed by atoms with E-state index in [1.807, 2.05) is 36.4 Å². The van der Waals surface area contributed by atoms with Crippen molar-refractivity contribution < 1.29 is 4.42 Å². The summed E-state index contributed by atoms with van der Waals surface area (Å²) in [6, 6.07) is 81.8. The predicted molar refractivity (Wildman–Crippen MR) is 262 cm³/mol. The van der Waals surface area contributed by atoms with E-state index in [-0.39, 0.29) is 0 Å². The van der Waals surface area contributed by atoms with E-state index in [4.69, 9.17) is 14.4 Å². The Kier molecular flexibility index (Phi) is 8.83. The van der Waals surface area contributed by atoms with Crippen molar-refractivity contribution in [2.75, 3.05) is 0 Å². The Balaban J connectivity index is 0.905. The topological polar surface area (TPSA) is 38.9 Å². The van der Waals surface area contributed by atoms with Gasteiger partial charge in [0.25, 0.3) is 0 Å². The van der Waals surface area contributed by atoms with Gasteiger partial charge in [-0.1, -0.05) is 212 Å². The summed E-state index contributed by atoms with van der Waals surface area (Å²) >= 11 is 0. The van der Waals surface area contributed by atoms with Crippen LogP contribution in [-0.2, 0) is 0 Å². The van der Waals surface area contributed by atoms with Crippen LogP contribution in [0.15, 0.2) is 235 Å². The Labute approximate surface area is 365 Å². The summed E-state index contributed by atoms with van der Waals surface area (Å²) < 4.78 is 6.16. The zero-order chi connectivity index (χ0) is 41.7. The maximum absolute atomic E-state index is 6.16. The number of hydrogen-bond acceptors (Lipinski definition) is 3. The van der Waals surface area contributed by atoms with Crippen molar-refractivity contribution >= 4 is 43.3 Å². The number of nitrogens with zero attached hydrogens (tertiary/aromatic N) is 2. The van der Waals surface area contributed by atoms with Crippen LogP contribution in [-0.4, -0.2) is 9.97 Å². The fourth-order valence-corrected chi connectivity index (χ4v) is 9.22. The second-order valence-corrected chi connectivity index (χ2v) is 16.1. The SMILES string of the molecule is c1ccc(-c2nc(-c3ccc(-c4ccc(-c5c6ccccc6c(-c6ccccc6)c6c5ccc5ccccc56)cc4)cc3)cc(-c3ccc(-c4cc5ccccc5o4)cc3)n2)cc1. The van der Waals surface area contributed by atoms with Gasteiger partial charge in [0, 0.05) is 27.6 Å². The molecular weight excluding hydrogens is 765 g/mol. The average Bonchev–Trinajstić information content (AvgIpc) is 3.81. The molecule has 0 aliphatic heterocycles. The highest BCUT2D eigenvalue weighted by atomic mass is 16.3. The lowest BCUT2D eigenvalue weighted by Gasteiger charge is -2.19. The number of hydrogen-bond donors (Lipinski definition) is 0. The van der Waals surface area contributed by atoms with Crippen LogP contribution < -0.4 is 0 Å². The third-order valence-corrected chi connectivity index (χ3v) is 12.3. The Bertz CT molecular complexity index is 3600. The van der Waals surface area contributed by atoms with Gasteiger partial charge in [0.05, 0.1) is 11.4 Å². The molecule has 2 aromatic heterocycles. The first-order chi connectivity index (χ1) is 31.2. The summed E-state index contributed by atoms with van der Waals surface area (Å²) in [5, 5.41) is 8.64. The zero-order valence-electron chi connectivity index (χ0n) is 34.2. The van der Waals surface area contributed by atoms with Crippen molar-refractivity contribution in [2.45, 2.75) is 0 Å². The van der Waals surface area contributed by atoms with Gasteiger partial charge in [-0.3, -0.25) is 0 Å². The van der Waals surface area contributed by atoms with Gasteiger partial charge in [0.1, 0.15) is 11.3 Å². The van der Waals surface area contributed by atoms with Gasteiger partial charge in [0.2, 0.25) is 0 Å². The molecule has 0 aliphatic carbocycles. The maximum atomic E-state index is 6.16. The number of para-hydroxylation sites is 1. The van der Waals surface area contributed by atoms with Gasteiger partial charge in [-0.05, 0) is 83.9 Å². The minimum Gasteiger partial charge on any atom is -0.456 e. The Morgan fingerprint density at radius 1 is 0.286 bits per heavy atom. The van der Waals surface area contributed by atoms with Gasteiger partial charge in [-0.25, -0.2) is 9.97 Å². The molecule has 2 heterocycles. The van der Waals surface area contributed by atoms with E-state index in [0.717, 1.165) is 61.5 Å². The summed E-state index contributed by atoms with van der Waals surface area (Å²) in [5.74, 6) is 1.54. The van der Waals surface area contributed by atoms with Crippen molar-refractivity contribution in [3.63, 3.8) is 0 Å². The Hall–Kier alpha value is -8.40. The van der Waals surface area contributed by atoms with Crippen LogP contribution in [0.5, 0.6) is 0 Å². The fourth-order valence-electron chi connectivity index (χ4n) is 9.22. The van der Waals surface area contributed by atoms with E-state index < -0.39 is 0 Å². The minimum atomic E-state index is 0.689. The van der Waals surface area contributed by atoms with E-state index in [1.54, 1.807) is 0 Å². The number of fused-ring (bicyclic) bond motifs is 5. The molecule has 0 amide bonds. The van der Waals surface area contributed by atoms with Crippen molar-refractivity contribution in [1.82, 2.24) is 9.97 Å². The van der Waals surface area contributed by atoms with Crippen LogP contribution in [0.1, 0.15) is 0 Å². The second-order valence-electron chi connectivity index (χ2n) is 16.1. The molecule has 0 aliphatic rings. The van der Waals surface area contributed by atoms with Crippen molar-refractivity contribution in [2.24, 2.45) is 0 Å². The first-order valence-corrected chi connectivity index (χ1v) is 21.4. The summed E-state index contributed by atoms with van der Waals surface area (Å²) in [4.78, 5) is 10.2. The highest BCUT2D eigenvalue weighted by Gasteiger charge is 2.19. The highest BCUT2D eigenvalue weighted by Crippen LogP contribution is 2.46. The van der Waals surface area contributed by atoms with E-state index >= 15 is 0 Å². The summed E-state index contributed by atoms with van der Waals surface area (Å²) in [6.07, 6.45) is 0. The molecule has 3 heteroatoms. The third-order valence-electron chi connectivity index (χ3n) is 12.3. The summed E-state index contributed by atoms with van der Waals surface area (Å²) in [7, 11) is 0. The molecule has 12 rings (SSSR count). The summed E-state index contributed by atoms with van der Waals surface area (Å²) in [6.45, 7) is 0. The molecule has 0 unspecified atom stereocenters. The lowest BCUT2D eigenvalue weighted by molar-refractivity contribution is 0.631. The Morgan fingerprint density at radius 3 is 1.40 bits per heavy atom. The van der Waals surface area contributed by atoms with Crippen molar-refractivity contribution in [1.29, 1.82) is 0 Å². The molecule has 0 bridgehead atoms. The molecule has 0 saturated carbocycles. The molecule has 0 spiro atoms. The summed E-state index contributed by atoms with van der Waals surface area (Å²) in [5.41, 5.74) is 13.9. The third kappa shape index (κ3) is 6.55. The van der Waals surface area contributed by atoms with Crippen LogP contribution in [0.25, 0.3) is 122 Å². The van der Waals surface area contributed by atoms with Crippen LogP contribution in [0.4, 0.5) is 0 Å². The first kappa shape index (κ1) is 36.5. The monoisotopic (exact) mass is 802 g/mol. The van der Waals surface area contributed by atoms with Gasteiger partial charge in [-0.2, -0.15) is 0 Å². The molecule has 12 aromatic rings. The van der Waals surface area contributed by atoms with Crippen LogP contribution in [0.3, 0.4) is 0 Å². The molecule has 0 radical (unpaired) electrons. The number of aromatic nitrogens is 2. The minimum absolute atomic E-state index is 0.689. The lowest BCUT2D eigenvalue weighted by Crippen LogP contribution is -1.96. The quantitative estimate of drug-likeness (QED) is 0.119. The van der Waals surface area contributed by atoms with Crippen molar-refractivity contribution in [3.05, 3.63) is 231 Å². The average molecular weight is 803 g/mol. The maximum Gasteiger partial charge on any atom is 0.160 e. The number of furan rings is 1. The Morgan fingerprint density at radius 2 is 0.762 bits per heavy atom. The molecule has 0 fully saturated rings. The second kappa shape index (κ2) is 15.3. The van der Waals surface area contributed by atoms with Crippen LogP contribution in [0.2, 0.25) is 0 Å². The van der Waals surface area contributed by atoms with E-state index in [9.17, 15) is 0 Å². The standard InChI is InChI=1S/C60H38N2O/c1-3-14-45(15-4-1)58-51-21-11-10-20-50(51)57(52-36-35-41-13-7-9-19-49(41)59(52)58)46-33-25-40(26-34-46)39-23-27-42(28-24-39)53-38-54(62-60(61-53)47-16-5-2-6-17-47)43-29-31-44(32-30-43)56-37-48-18-8-12-22-55(48)63-56/h1-38H. The normalized spacial score (nSPS) is 11.5. The van der Waals surface area contributed by atoms with Crippen molar-refractivity contribution in [3.8, 4) is 78.6 Å². The largest absolute Gasteiger partial charge is 0.456 e. The van der Waals surface area contributed by atoms with Crippen LogP contribution in [0, 0.1) is 0 Å². The lowest BCUT2D eigenvalue weighted by atomic mass is 9.84. The predicted octanol–water partition coefficient (Wildman–Crippen LogP) is 16.4. The van der Waals surface area contributed by atoms with E-state index in [1.165, 1.54) is 54.6 Å². The molecule has 0 saturated heterocycles. The van der Waals surface area contributed by atoms with E-state index in [2.05, 4.69) is 194 Å². The van der Waals surface area contributed by atoms with Crippen LogP contribution >= 0.6 is 0 Å².